The van der Waals surface area contributed by atoms with Gasteiger partial charge in [-0.3, -0.25) is 0 Å². The lowest BCUT2D eigenvalue weighted by Crippen LogP contribution is -2.58. The fraction of sp³-hybridized carbons (Fsp3) is 1.00. The molecule has 1 N–H and O–H groups in total. The summed E-state index contributed by atoms with van der Waals surface area (Å²) in [6.07, 6.45) is 1.25. The van der Waals surface area contributed by atoms with Crippen molar-refractivity contribution in [2.45, 2.75) is 36.9 Å². The summed E-state index contributed by atoms with van der Waals surface area (Å²) >= 11 is 0. The summed E-state index contributed by atoms with van der Waals surface area (Å²) in [7, 11) is 0. The molecule has 3 heterocycles. The highest BCUT2D eigenvalue weighted by Crippen LogP contribution is 2.46. The lowest BCUT2D eigenvalue weighted by molar-refractivity contribution is -0.202. The highest BCUT2D eigenvalue weighted by Gasteiger charge is 2.63. The SMILES string of the molecule is O[C@@H]1[C@H]2O[C@H]3C[C@@H]1O[C@@H]23. The second-order valence-electron chi connectivity index (χ2n) is 3.00. The molecule has 0 aliphatic carbocycles. The van der Waals surface area contributed by atoms with Crippen LogP contribution in [0.25, 0.3) is 0 Å². The fourth-order valence-corrected chi connectivity index (χ4v) is 2.03. The van der Waals surface area contributed by atoms with Gasteiger partial charge in [-0.2, -0.15) is 0 Å². The van der Waals surface area contributed by atoms with Crippen molar-refractivity contribution in [3.8, 4) is 0 Å². The summed E-state index contributed by atoms with van der Waals surface area (Å²) in [5.41, 5.74) is 0. The first kappa shape index (κ1) is 4.66. The Hall–Kier alpha value is -0.120. The Morgan fingerprint density at radius 1 is 1.11 bits per heavy atom. The van der Waals surface area contributed by atoms with E-state index in [0.717, 1.165) is 6.42 Å². The second kappa shape index (κ2) is 1.17. The number of ether oxygens (including phenoxy) is 2. The minimum absolute atomic E-state index is 0.0220. The van der Waals surface area contributed by atoms with Gasteiger partial charge in [0.2, 0.25) is 0 Å². The van der Waals surface area contributed by atoms with Crippen LogP contribution in [-0.4, -0.2) is 35.6 Å². The molecule has 2 bridgehead atoms. The molecule has 0 spiro atoms. The lowest BCUT2D eigenvalue weighted by Gasteiger charge is -2.41. The third-order valence-corrected chi connectivity index (χ3v) is 2.54. The van der Waals surface area contributed by atoms with Gasteiger partial charge >= 0.3 is 0 Å². The van der Waals surface area contributed by atoms with E-state index in [1.807, 2.05) is 0 Å². The van der Waals surface area contributed by atoms with Gasteiger partial charge in [0.05, 0.1) is 12.2 Å². The van der Waals surface area contributed by atoms with Gasteiger partial charge < -0.3 is 14.6 Å². The molecule has 0 radical (unpaired) electrons. The van der Waals surface area contributed by atoms with Gasteiger partial charge in [0, 0.05) is 6.42 Å². The summed E-state index contributed by atoms with van der Waals surface area (Å²) in [5.74, 6) is 0. The van der Waals surface area contributed by atoms with E-state index in [9.17, 15) is 5.11 Å². The third-order valence-electron chi connectivity index (χ3n) is 2.54. The van der Waals surface area contributed by atoms with Crippen LogP contribution in [0.15, 0.2) is 0 Å². The summed E-state index contributed by atoms with van der Waals surface area (Å²) in [6.45, 7) is 0. The molecule has 3 rings (SSSR count). The molecule has 0 saturated carbocycles. The lowest BCUT2D eigenvalue weighted by atomic mass is 9.87. The number of aliphatic hydroxyl groups is 1. The van der Waals surface area contributed by atoms with Crippen molar-refractivity contribution in [1.29, 1.82) is 0 Å². The zero-order valence-electron chi connectivity index (χ0n) is 4.86. The zero-order valence-corrected chi connectivity index (χ0v) is 4.86. The second-order valence-corrected chi connectivity index (χ2v) is 3.00. The molecule has 3 aliphatic rings. The number of hydrogen-bond acceptors (Lipinski definition) is 3. The molecule has 9 heavy (non-hydrogen) atoms. The van der Waals surface area contributed by atoms with E-state index in [4.69, 9.17) is 9.47 Å². The molecule has 0 unspecified atom stereocenters. The van der Waals surface area contributed by atoms with Crippen molar-refractivity contribution in [3.05, 3.63) is 0 Å². The summed E-state index contributed by atoms with van der Waals surface area (Å²) in [4.78, 5) is 0. The third kappa shape index (κ3) is 0.351. The number of aliphatic hydroxyl groups excluding tert-OH is 1. The molecule has 0 amide bonds. The minimum Gasteiger partial charge on any atom is -0.388 e. The summed E-state index contributed by atoms with van der Waals surface area (Å²) in [6, 6.07) is 0. The molecule has 3 nitrogen and oxygen atoms in total. The molecule has 5 atom stereocenters. The van der Waals surface area contributed by atoms with Crippen LogP contribution in [0.3, 0.4) is 0 Å². The van der Waals surface area contributed by atoms with Gasteiger partial charge in [-0.25, -0.2) is 0 Å². The number of hydrogen-bond donors (Lipinski definition) is 1. The summed E-state index contributed by atoms with van der Waals surface area (Å²) < 4.78 is 10.6. The van der Waals surface area contributed by atoms with Gasteiger partial charge in [-0.1, -0.05) is 0 Å². The van der Waals surface area contributed by atoms with Gasteiger partial charge in [0.25, 0.3) is 0 Å². The van der Waals surface area contributed by atoms with E-state index in [1.165, 1.54) is 0 Å². The summed E-state index contributed by atoms with van der Waals surface area (Å²) in [5, 5.41) is 9.28. The first-order valence-electron chi connectivity index (χ1n) is 3.35. The van der Waals surface area contributed by atoms with E-state index < -0.39 is 0 Å². The largest absolute Gasteiger partial charge is 0.388 e. The molecule has 3 aliphatic heterocycles. The van der Waals surface area contributed by atoms with Crippen molar-refractivity contribution in [2.24, 2.45) is 0 Å². The fourth-order valence-electron chi connectivity index (χ4n) is 2.03. The predicted molar refractivity (Wildman–Crippen MR) is 27.9 cm³/mol. The van der Waals surface area contributed by atoms with Crippen LogP contribution < -0.4 is 0 Å². The standard InChI is InChI=1S/C6H8O3/c7-4-2-1-3-5(8-2)6(4)9-3/h2-7H,1H2/t2-,3-,4-,5+,6+/m0/s1. The monoisotopic (exact) mass is 128 g/mol. The van der Waals surface area contributed by atoms with Crippen molar-refractivity contribution < 1.29 is 14.6 Å². The average Bonchev–Trinajstić information content (AvgIpc) is 2.20. The average molecular weight is 128 g/mol. The van der Waals surface area contributed by atoms with Crippen LogP contribution in [0.5, 0.6) is 0 Å². The van der Waals surface area contributed by atoms with Crippen molar-refractivity contribution in [3.63, 3.8) is 0 Å². The van der Waals surface area contributed by atoms with E-state index >= 15 is 0 Å². The molecular formula is C6H8O3. The Bertz CT molecular complexity index is 148. The minimum atomic E-state index is -0.333. The maximum absolute atomic E-state index is 9.28. The predicted octanol–water partition coefficient (Wildman–Crippen LogP) is -0.714. The highest BCUT2D eigenvalue weighted by atomic mass is 16.7. The quantitative estimate of drug-likeness (QED) is 0.468. The molecule has 3 saturated heterocycles. The van der Waals surface area contributed by atoms with Crippen LogP contribution in [0, 0.1) is 0 Å². The van der Waals surface area contributed by atoms with Crippen LogP contribution >= 0.6 is 0 Å². The van der Waals surface area contributed by atoms with Gasteiger partial charge in [-0.05, 0) is 0 Å². The Balaban J connectivity index is 2.00. The van der Waals surface area contributed by atoms with Gasteiger partial charge in [0.1, 0.15) is 18.3 Å². The topological polar surface area (TPSA) is 38.7 Å². The van der Waals surface area contributed by atoms with Crippen molar-refractivity contribution in [1.82, 2.24) is 0 Å². The Morgan fingerprint density at radius 2 is 1.89 bits per heavy atom. The van der Waals surface area contributed by atoms with Crippen LogP contribution in [0.1, 0.15) is 6.42 Å². The van der Waals surface area contributed by atoms with E-state index in [-0.39, 0.29) is 24.4 Å². The van der Waals surface area contributed by atoms with Crippen LogP contribution in [-0.2, 0) is 9.47 Å². The molecule has 3 heteroatoms. The van der Waals surface area contributed by atoms with Crippen molar-refractivity contribution >= 4 is 0 Å². The highest BCUT2D eigenvalue weighted by molar-refractivity contribution is 5.10. The molecular weight excluding hydrogens is 120 g/mol. The number of rotatable bonds is 0. The molecule has 0 aromatic heterocycles. The van der Waals surface area contributed by atoms with E-state index in [0.29, 0.717) is 6.10 Å². The Kier molecular flexibility index (Phi) is 0.604. The van der Waals surface area contributed by atoms with Gasteiger partial charge in [0.15, 0.2) is 0 Å². The van der Waals surface area contributed by atoms with Gasteiger partial charge in [-0.15, -0.1) is 0 Å². The number of fused-ring (bicyclic) bond motifs is 1. The van der Waals surface area contributed by atoms with Crippen LogP contribution in [0.4, 0.5) is 0 Å². The molecule has 0 aromatic carbocycles. The molecule has 50 valence electrons. The first-order valence-corrected chi connectivity index (χ1v) is 3.35. The van der Waals surface area contributed by atoms with E-state index in [1.54, 1.807) is 0 Å². The molecule has 3 fully saturated rings. The first-order chi connectivity index (χ1) is 4.36. The Morgan fingerprint density at radius 3 is 2.22 bits per heavy atom. The van der Waals surface area contributed by atoms with Crippen molar-refractivity contribution in [2.75, 3.05) is 0 Å². The van der Waals surface area contributed by atoms with Crippen LogP contribution in [0.2, 0.25) is 0 Å². The normalized spacial score (nSPS) is 68.3. The zero-order chi connectivity index (χ0) is 6.01. The van der Waals surface area contributed by atoms with E-state index in [2.05, 4.69) is 0 Å². The maximum atomic E-state index is 9.28. The molecule has 0 aromatic rings. The maximum Gasteiger partial charge on any atom is 0.115 e. The Labute approximate surface area is 52.6 Å². The smallest absolute Gasteiger partial charge is 0.115 e.